The van der Waals surface area contributed by atoms with Gasteiger partial charge in [0.1, 0.15) is 5.75 Å². The number of carbonyl (C=O) groups is 1. The number of hydrogen-bond donors (Lipinski definition) is 1. The molecule has 0 atom stereocenters. The van der Waals surface area contributed by atoms with Gasteiger partial charge in [-0.1, -0.05) is 26.0 Å². The molecular weight excluding hydrogens is 283 g/mol. The highest BCUT2D eigenvalue weighted by molar-refractivity contribution is 5.85. The van der Waals surface area contributed by atoms with Gasteiger partial charge in [-0.3, -0.25) is 4.79 Å². The normalized spacial score (nSPS) is 11.6. The summed E-state index contributed by atoms with van der Waals surface area (Å²) in [6, 6.07) is 5.37. The smallest absolute Gasteiger partial charge is 0.406 e. The summed E-state index contributed by atoms with van der Waals surface area (Å²) in [5.41, 5.74) is 5.19. The van der Waals surface area contributed by atoms with E-state index in [0.29, 0.717) is 12.0 Å². The number of amides is 1. The van der Waals surface area contributed by atoms with E-state index in [2.05, 4.69) is 4.74 Å². The molecule has 1 aromatic carbocycles. The Labute approximate surface area is 115 Å². The second-order valence-electron chi connectivity index (χ2n) is 4.62. The van der Waals surface area contributed by atoms with Gasteiger partial charge in [0.05, 0.1) is 0 Å². The van der Waals surface area contributed by atoms with Crippen LogP contribution in [0.2, 0.25) is 0 Å². The molecule has 0 saturated heterocycles. The Morgan fingerprint density at radius 2 is 1.68 bits per heavy atom. The number of rotatable bonds is 4. The summed E-state index contributed by atoms with van der Waals surface area (Å²) in [4.78, 5) is 11.1. The van der Waals surface area contributed by atoms with Crippen LogP contribution in [0, 0.1) is 5.41 Å². The van der Waals surface area contributed by atoms with Gasteiger partial charge in [0, 0.05) is 5.41 Å². The first-order valence-electron chi connectivity index (χ1n) is 5.25. The zero-order chi connectivity index (χ0) is 14.0. The van der Waals surface area contributed by atoms with E-state index >= 15 is 0 Å². The van der Waals surface area contributed by atoms with Gasteiger partial charge < -0.3 is 10.5 Å². The third kappa shape index (κ3) is 5.83. The Morgan fingerprint density at radius 1 is 1.21 bits per heavy atom. The molecule has 0 aliphatic carbocycles. The van der Waals surface area contributed by atoms with E-state index in [-0.39, 0.29) is 18.2 Å². The Morgan fingerprint density at radius 3 is 2.05 bits per heavy atom. The summed E-state index contributed by atoms with van der Waals surface area (Å²) >= 11 is 0. The van der Waals surface area contributed by atoms with E-state index in [0.717, 1.165) is 0 Å². The summed E-state index contributed by atoms with van der Waals surface area (Å²) in [5.74, 6) is -0.749. The van der Waals surface area contributed by atoms with Crippen LogP contribution in [-0.2, 0) is 11.2 Å². The zero-order valence-corrected chi connectivity index (χ0v) is 11.3. The first kappa shape index (κ1) is 17.6. The van der Waals surface area contributed by atoms with E-state index in [1.165, 1.54) is 24.3 Å². The lowest BCUT2D eigenvalue weighted by molar-refractivity contribution is -0.274. The topological polar surface area (TPSA) is 52.3 Å². The standard InChI is InChI=1S/C12H14F3NO2.ClH/c1-11(2,10(16)17)7-8-3-5-9(6-4-8)18-12(13,14)15;/h3-6H,7H2,1-2H3,(H2,16,17);1H. The molecule has 19 heavy (non-hydrogen) atoms. The third-order valence-corrected chi connectivity index (χ3v) is 2.47. The van der Waals surface area contributed by atoms with Crippen molar-refractivity contribution in [2.45, 2.75) is 26.6 Å². The SMILES string of the molecule is CC(C)(Cc1ccc(OC(F)(F)F)cc1)C(N)=O.Cl. The number of hydrogen-bond acceptors (Lipinski definition) is 2. The molecule has 0 radical (unpaired) electrons. The third-order valence-electron chi connectivity index (χ3n) is 2.47. The van der Waals surface area contributed by atoms with Crippen molar-refractivity contribution in [2.75, 3.05) is 0 Å². The van der Waals surface area contributed by atoms with Crippen molar-refractivity contribution in [2.24, 2.45) is 11.1 Å². The maximum Gasteiger partial charge on any atom is 0.573 e. The molecule has 0 aromatic heterocycles. The van der Waals surface area contributed by atoms with Crippen molar-refractivity contribution in [1.29, 1.82) is 0 Å². The van der Waals surface area contributed by atoms with Crippen molar-refractivity contribution < 1.29 is 22.7 Å². The van der Waals surface area contributed by atoms with Gasteiger partial charge in [0.25, 0.3) is 0 Å². The molecule has 1 rings (SSSR count). The Hall–Kier alpha value is -1.43. The van der Waals surface area contributed by atoms with Gasteiger partial charge in [-0.25, -0.2) is 0 Å². The number of carbonyl (C=O) groups excluding carboxylic acids is 1. The molecule has 108 valence electrons. The molecular formula is C12H15ClF3NO2. The Bertz CT molecular complexity index is 430. The van der Waals surface area contributed by atoms with Crippen LogP contribution in [0.4, 0.5) is 13.2 Å². The average molecular weight is 298 g/mol. The molecule has 1 aromatic rings. The summed E-state index contributed by atoms with van der Waals surface area (Å²) in [6.07, 6.45) is -4.34. The van der Waals surface area contributed by atoms with Crippen molar-refractivity contribution in [3.63, 3.8) is 0 Å². The number of halogens is 4. The van der Waals surface area contributed by atoms with Crippen molar-refractivity contribution >= 4 is 18.3 Å². The summed E-state index contributed by atoms with van der Waals surface area (Å²) < 4.78 is 39.5. The van der Waals surface area contributed by atoms with Gasteiger partial charge >= 0.3 is 6.36 Å². The molecule has 1 amide bonds. The van der Waals surface area contributed by atoms with Gasteiger partial charge in [0.15, 0.2) is 0 Å². The van der Waals surface area contributed by atoms with Crippen LogP contribution < -0.4 is 10.5 Å². The molecule has 0 fully saturated rings. The van der Waals surface area contributed by atoms with Gasteiger partial charge in [-0.05, 0) is 24.1 Å². The van der Waals surface area contributed by atoms with Crippen LogP contribution in [-0.4, -0.2) is 12.3 Å². The lowest BCUT2D eigenvalue weighted by Crippen LogP contribution is -2.33. The minimum atomic E-state index is -4.70. The number of alkyl halides is 3. The Balaban J connectivity index is 0.00000324. The minimum Gasteiger partial charge on any atom is -0.406 e. The summed E-state index contributed by atoms with van der Waals surface area (Å²) in [5, 5.41) is 0. The molecule has 0 heterocycles. The maximum absolute atomic E-state index is 11.9. The molecule has 0 unspecified atom stereocenters. The number of ether oxygens (including phenoxy) is 1. The predicted molar refractivity (Wildman–Crippen MR) is 67.1 cm³/mol. The van der Waals surface area contributed by atoms with E-state index in [9.17, 15) is 18.0 Å². The fourth-order valence-corrected chi connectivity index (χ4v) is 1.41. The first-order valence-corrected chi connectivity index (χ1v) is 5.25. The zero-order valence-electron chi connectivity index (χ0n) is 10.5. The molecule has 0 saturated carbocycles. The van der Waals surface area contributed by atoms with Crippen LogP contribution in [0.5, 0.6) is 5.75 Å². The van der Waals surface area contributed by atoms with Crippen LogP contribution >= 0.6 is 12.4 Å². The van der Waals surface area contributed by atoms with Crippen LogP contribution in [0.25, 0.3) is 0 Å². The van der Waals surface area contributed by atoms with Crippen molar-refractivity contribution in [3.05, 3.63) is 29.8 Å². The molecule has 7 heteroatoms. The predicted octanol–water partition coefficient (Wildman–Crippen LogP) is 3.06. The van der Waals surface area contributed by atoms with Gasteiger partial charge in [-0.15, -0.1) is 25.6 Å². The maximum atomic E-state index is 11.9. The van der Waals surface area contributed by atoms with Crippen molar-refractivity contribution in [3.8, 4) is 5.75 Å². The van der Waals surface area contributed by atoms with E-state index in [1.807, 2.05) is 0 Å². The lowest BCUT2D eigenvalue weighted by Gasteiger charge is -2.20. The summed E-state index contributed by atoms with van der Waals surface area (Å²) in [7, 11) is 0. The minimum absolute atomic E-state index is 0. The number of primary amides is 1. The molecule has 0 aliphatic rings. The highest BCUT2D eigenvalue weighted by Crippen LogP contribution is 2.25. The second-order valence-corrected chi connectivity index (χ2v) is 4.62. The molecule has 0 aliphatic heterocycles. The highest BCUT2D eigenvalue weighted by Gasteiger charge is 2.31. The monoisotopic (exact) mass is 297 g/mol. The molecule has 0 bridgehead atoms. The number of nitrogens with two attached hydrogens (primary N) is 1. The van der Waals surface area contributed by atoms with E-state index in [1.54, 1.807) is 13.8 Å². The number of benzene rings is 1. The first-order chi connectivity index (χ1) is 8.10. The van der Waals surface area contributed by atoms with Crippen LogP contribution in [0.1, 0.15) is 19.4 Å². The second kappa shape index (κ2) is 6.14. The summed E-state index contributed by atoms with van der Waals surface area (Å²) in [6.45, 7) is 3.35. The van der Waals surface area contributed by atoms with Crippen molar-refractivity contribution in [1.82, 2.24) is 0 Å². The fraction of sp³-hybridized carbons (Fsp3) is 0.417. The van der Waals surface area contributed by atoms with Crippen LogP contribution in [0.15, 0.2) is 24.3 Å². The molecule has 2 N–H and O–H groups in total. The largest absolute Gasteiger partial charge is 0.573 e. The quantitative estimate of drug-likeness (QED) is 0.928. The molecule has 3 nitrogen and oxygen atoms in total. The Kier molecular flexibility index (Phi) is 5.68. The van der Waals surface area contributed by atoms with Gasteiger partial charge in [-0.2, -0.15) is 0 Å². The highest BCUT2D eigenvalue weighted by atomic mass is 35.5. The molecule has 0 spiro atoms. The fourth-order valence-electron chi connectivity index (χ4n) is 1.41. The van der Waals surface area contributed by atoms with E-state index in [4.69, 9.17) is 5.73 Å². The average Bonchev–Trinajstić information content (AvgIpc) is 2.18. The van der Waals surface area contributed by atoms with Gasteiger partial charge in [0.2, 0.25) is 5.91 Å². The van der Waals surface area contributed by atoms with Crippen LogP contribution in [0.3, 0.4) is 0 Å². The lowest BCUT2D eigenvalue weighted by atomic mass is 9.85. The van der Waals surface area contributed by atoms with E-state index < -0.39 is 17.7 Å².